The molecule has 0 heterocycles. The van der Waals surface area contributed by atoms with Gasteiger partial charge >= 0.3 is 5.97 Å². The number of allylic oxidation sites excluding steroid dienone is 5. The lowest BCUT2D eigenvalue weighted by Gasteiger charge is -2.20. The Labute approximate surface area is 462 Å². The first-order valence-corrected chi connectivity index (χ1v) is 33.3. The van der Waals surface area contributed by atoms with E-state index in [-0.39, 0.29) is 18.5 Å². The fourth-order valence-electron chi connectivity index (χ4n) is 10.3. The molecule has 0 aliphatic rings. The standard InChI is InChI=1S/C68H129NO5/c1-3-5-7-9-11-13-15-37-42-46-50-54-58-62-68(73)74-63-59-55-51-47-43-39-36-34-32-30-28-26-24-22-20-18-16-17-19-21-23-25-27-29-31-33-35-38-41-45-49-53-57-61-67(72)69-65(64-70)66(71)60-56-52-48-44-40-14-12-10-8-6-4-2/h20,22,26,28,56,60,65-66,70-71H,3-19,21,23-25,27,29-55,57-59,61-64H2,1-2H3,(H,69,72)/b22-20-,28-26-,60-56+. The van der Waals surface area contributed by atoms with Crippen LogP contribution in [0, 0.1) is 0 Å². The summed E-state index contributed by atoms with van der Waals surface area (Å²) in [5.41, 5.74) is 0. The second-order valence-corrected chi connectivity index (χ2v) is 22.8. The van der Waals surface area contributed by atoms with Crippen molar-refractivity contribution in [3.05, 3.63) is 36.5 Å². The molecule has 3 N–H and O–H groups in total. The first-order chi connectivity index (χ1) is 36.5. The average molecular weight is 1040 g/mol. The van der Waals surface area contributed by atoms with Crippen LogP contribution in [0.5, 0.6) is 0 Å². The Hall–Kier alpha value is -1.92. The van der Waals surface area contributed by atoms with E-state index in [1.807, 2.05) is 6.08 Å². The second kappa shape index (κ2) is 63.6. The minimum Gasteiger partial charge on any atom is -0.466 e. The summed E-state index contributed by atoms with van der Waals surface area (Å²) < 4.78 is 5.48. The lowest BCUT2D eigenvalue weighted by molar-refractivity contribution is -0.143. The van der Waals surface area contributed by atoms with Gasteiger partial charge in [-0.25, -0.2) is 0 Å². The van der Waals surface area contributed by atoms with Crippen molar-refractivity contribution in [3.8, 4) is 0 Å². The van der Waals surface area contributed by atoms with Crippen molar-refractivity contribution < 1.29 is 24.5 Å². The molecule has 0 radical (unpaired) electrons. The highest BCUT2D eigenvalue weighted by Gasteiger charge is 2.18. The van der Waals surface area contributed by atoms with Crippen LogP contribution in [0.1, 0.15) is 361 Å². The molecule has 0 fully saturated rings. The molecule has 6 nitrogen and oxygen atoms in total. The molecule has 0 saturated carbocycles. The van der Waals surface area contributed by atoms with Crippen molar-refractivity contribution in [2.24, 2.45) is 0 Å². The molecule has 2 unspecified atom stereocenters. The largest absolute Gasteiger partial charge is 0.466 e. The van der Waals surface area contributed by atoms with Gasteiger partial charge in [-0.05, 0) is 64.2 Å². The summed E-state index contributed by atoms with van der Waals surface area (Å²) in [7, 11) is 0. The zero-order valence-electron chi connectivity index (χ0n) is 49.8. The van der Waals surface area contributed by atoms with Gasteiger partial charge in [0.15, 0.2) is 0 Å². The average Bonchev–Trinajstić information content (AvgIpc) is 3.40. The Kier molecular flexibility index (Phi) is 62.0. The molecule has 1 amide bonds. The number of carbonyl (C=O) groups is 2. The Bertz CT molecular complexity index is 1200. The van der Waals surface area contributed by atoms with Crippen LogP contribution in [-0.2, 0) is 14.3 Å². The van der Waals surface area contributed by atoms with Gasteiger partial charge < -0.3 is 20.3 Å². The number of ether oxygens (including phenoxy) is 1. The number of unbranched alkanes of at least 4 members (excludes halogenated alkanes) is 47. The molecule has 2 atom stereocenters. The Morgan fingerprint density at radius 1 is 0.378 bits per heavy atom. The SMILES string of the molecule is CCCCCCCCCCC/C=C/C(O)C(CO)NC(=O)CCCCCCCCCCCCCCCCCCC/C=C\C/C=C\CCCCCCCCCCCOC(=O)CCCCCCCCCCCCCCC. The Morgan fingerprint density at radius 3 is 1.03 bits per heavy atom. The van der Waals surface area contributed by atoms with Crippen molar-refractivity contribution in [2.75, 3.05) is 13.2 Å². The molecule has 0 aliphatic heterocycles. The van der Waals surface area contributed by atoms with E-state index < -0.39 is 12.1 Å². The maximum absolute atomic E-state index is 12.4. The molecule has 74 heavy (non-hydrogen) atoms. The molecule has 436 valence electrons. The maximum atomic E-state index is 12.4. The summed E-state index contributed by atoms with van der Waals surface area (Å²) in [5, 5.41) is 23.0. The minimum atomic E-state index is -0.841. The molecular weight excluding hydrogens is 911 g/mol. The van der Waals surface area contributed by atoms with Gasteiger partial charge in [-0.3, -0.25) is 9.59 Å². The predicted octanol–water partition coefficient (Wildman–Crippen LogP) is 21.1. The van der Waals surface area contributed by atoms with E-state index in [1.165, 1.54) is 289 Å². The van der Waals surface area contributed by atoms with Crippen LogP contribution in [0.4, 0.5) is 0 Å². The van der Waals surface area contributed by atoms with Crippen molar-refractivity contribution in [3.63, 3.8) is 0 Å². The second-order valence-electron chi connectivity index (χ2n) is 22.8. The van der Waals surface area contributed by atoms with Gasteiger partial charge in [0.25, 0.3) is 0 Å². The molecule has 0 spiro atoms. The van der Waals surface area contributed by atoms with E-state index in [0.717, 1.165) is 44.9 Å². The lowest BCUT2D eigenvalue weighted by atomic mass is 10.0. The number of nitrogens with one attached hydrogen (secondary N) is 1. The maximum Gasteiger partial charge on any atom is 0.305 e. The zero-order chi connectivity index (χ0) is 53.6. The van der Waals surface area contributed by atoms with Gasteiger partial charge in [-0.1, -0.05) is 320 Å². The topological polar surface area (TPSA) is 95.9 Å². The molecule has 0 rings (SSSR count). The fraction of sp³-hybridized carbons (Fsp3) is 0.882. The molecule has 0 bridgehead atoms. The predicted molar refractivity (Wildman–Crippen MR) is 324 cm³/mol. The van der Waals surface area contributed by atoms with Crippen LogP contribution in [0.25, 0.3) is 0 Å². The van der Waals surface area contributed by atoms with Crippen molar-refractivity contribution >= 4 is 11.9 Å². The number of carbonyl (C=O) groups excluding carboxylic acids is 2. The van der Waals surface area contributed by atoms with Gasteiger partial charge in [0.1, 0.15) is 0 Å². The fourth-order valence-corrected chi connectivity index (χ4v) is 10.3. The van der Waals surface area contributed by atoms with Crippen LogP contribution in [-0.4, -0.2) is 47.4 Å². The smallest absolute Gasteiger partial charge is 0.305 e. The third kappa shape index (κ3) is 59.3. The minimum absolute atomic E-state index is 0.0155. The third-order valence-corrected chi connectivity index (χ3v) is 15.4. The molecule has 0 saturated heterocycles. The number of aliphatic hydroxyl groups excluding tert-OH is 2. The molecule has 0 aromatic rings. The normalized spacial score (nSPS) is 12.8. The first kappa shape index (κ1) is 72.1. The molecular formula is C68H129NO5. The van der Waals surface area contributed by atoms with E-state index in [0.29, 0.717) is 19.4 Å². The van der Waals surface area contributed by atoms with Crippen LogP contribution < -0.4 is 5.32 Å². The van der Waals surface area contributed by atoms with E-state index in [9.17, 15) is 19.8 Å². The summed E-state index contributed by atoms with van der Waals surface area (Å²) in [6.07, 6.45) is 80.8. The van der Waals surface area contributed by atoms with Gasteiger partial charge in [0, 0.05) is 12.8 Å². The van der Waals surface area contributed by atoms with E-state index in [1.54, 1.807) is 6.08 Å². The van der Waals surface area contributed by atoms with Crippen LogP contribution in [0.3, 0.4) is 0 Å². The van der Waals surface area contributed by atoms with Crippen LogP contribution in [0.15, 0.2) is 36.5 Å². The van der Waals surface area contributed by atoms with Crippen molar-refractivity contribution in [2.45, 2.75) is 373 Å². The number of rotatable bonds is 62. The molecule has 0 aromatic carbocycles. The van der Waals surface area contributed by atoms with E-state index in [4.69, 9.17) is 4.74 Å². The highest BCUT2D eigenvalue weighted by molar-refractivity contribution is 5.76. The zero-order valence-corrected chi connectivity index (χ0v) is 49.8. The summed E-state index contributed by atoms with van der Waals surface area (Å²) in [5.74, 6) is -0.0508. The van der Waals surface area contributed by atoms with E-state index in [2.05, 4.69) is 43.5 Å². The highest BCUT2D eigenvalue weighted by atomic mass is 16.5. The molecule has 0 aromatic heterocycles. The van der Waals surface area contributed by atoms with Gasteiger partial charge in [0.05, 0.1) is 25.4 Å². The number of amides is 1. The monoisotopic (exact) mass is 1040 g/mol. The number of esters is 1. The van der Waals surface area contributed by atoms with Gasteiger partial charge in [-0.15, -0.1) is 0 Å². The molecule has 0 aliphatic carbocycles. The quantitative estimate of drug-likeness (QED) is 0.0320. The summed E-state index contributed by atoms with van der Waals surface area (Å²) in [4.78, 5) is 24.5. The summed E-state index contributed by atoms with van der Waals surface area (Å²) in [6, 6.07) is -0.625. The first-order valence-electron chi connectivity index (χ1n) is 33.3. The van der Waals surface area contributed by atoms with Crippen LogP contribution >= 0.6 is 0 Å². The van der Waals surface area contributed by atoms with E-state index >= 15 is 0 Å². The Morgan fingerprint density at radius 2 is 0.676 bits per heavy atom. The van der Waals surface area contributed by atoms with Gasteiger partial charge in [0.2, 0.25) is 5.91 Å². The lowest BCUT2D eigenvalue weighted by Crippen LogP contribution is -2.45. The number of hydrogen-bond acceptors (Lipinski definition) is 5. The number of aliphatic hydroxyl groups is 2. The third-order valence-electron chi connectivity index (χ3n) is 15.4. The van der Waals surface area contributed by atoms with Gasteiger partial charge in [-0.2, -0.15) is 0 Å². The van der Waals surface area contributed by atoms with Crippen LogP contribution in [0.2, 0.25) is 0 Å². The summed E-state index contributed by atoms with van der Waals surface area (Å²) in [6.45, 7) is 4.91. The summed E-state index contributed by atoms with van der Waals surface area (Å²) >= 11 is 0. The van der Waals surface area contributed by atoms with Crippen molar-refractivity contribution in [1.82, 2.24) is 5.32 Å². The van der Waals surface area contributed by atoms with Crippen molar-refractivity contribution in [1.29, 1.82) is 0 Å². The Balaban J connectivity index is 3.37. The molecule has 6 heteroatoms. The number of hydrogen-bond donors (Lipinski definition) is 3. The highest BCUT2D eigenvalue weighted by Crippen LogP contribution is 2.18.